The Labute approximate surface area is 89.6 Å². The molecule has 2 aliphatic rings. The molecule has 4 heteroatoms. The van der Waals surface area contributed by atoms with E-state index in [1.807, 2.05) is 25.8 Å². The topological polar surface area (TPSA) is 12.5 Å². The molecule has 3 atom stereocenters. The summed E-state index contributed by atoms with van der Waals surface area (Å²) in [6.07, 6.45) is 0.557. The van der Waals surface area contributed by atoms with E-state index in [0.717, 1.165) is 6.54 Å². The molecule has 1 aliphatic carbocycles. The molecule has 2 rings (SSSR count). The maximum Gasteiger partial charge on any atom is 0.256 e. The van der Waals surface area contributed by atoms with Crippen LogP contribution in [0, 0.1) is 5.41 Å². The van der Waals surface area contributed by atoms with Gasteiger partial charge >= 0.3 is 0 Å². The molecular weight excluding hydrogens is 200 g/mol. The van der Waals surface area contributed by atoms with Gasteiger partial charge in [0.25, 0.3) is 5.92 Å². The molecule has 0 radical (unpaired) electrons. The van der Waals surface area contributed by atoms with Crippen molar-refractivity contribution in [1.82, 2.24) is 4.90 Å². The molecule has 88 valence electrons. The molecule has 0 aromatic heterocycles. The molecule has 15 heavy (non-hydrogen) atoms. The molecule has 0 unspecified atom stereocenters. The van der Waals surface area contributed by atoms with Gasteiger partial charge in [0.15, 0.2) is 0 Å². The smallest absolute Gasteiger partial charge is 0.256 e. The Balaban J connectivity index is 2.14. The average molecular weight is 219 g/mol. The number of likely N-dealkylation sites (N-methyl/N-ethyl adjacent to an activating group) is 1. The van der Waals surface area contributed by atoms with E-state index in [4.69, 9.17) is 4.74 Å². The van der Waals surface area contributed by atoms with Crippen LogP contribution in [0.15, 0.2) is 0 Å². The lowest BCUT2D eigenvalue weighted by Gasteiger charge is -2.30. The normalized spacial score (nSPS) is 41.0. The first-order chi connectivity index (χ1) is 6.94. The molecule has 2 nitrogen and oxygen atoms in total. The summed E-state index contributed by atoms with van der Waals surface area (Å²) in [5, 5.41) is 0. The minimum atomic E-state index is -2.46. The Hall–Kier alpha value is -0.220. The van der Waals surface area contributed by atoms with Crippen LogP contribution in [0.25, 0.3) is 0 Å². The van der Waals surface area contributed by atoms with Crippen LogP contribution >= 0.6 is 0 Å². The second kappa shape index (κ2) is 3.39. The summed E-state index contributed by atoms with van der Waals surface area (Å²) in [6.45, 7) is 5.17. The first-order valence-corrected chi connectivity index (χ1v) is 5.64. The molecule has 1 saturated heterocycles. The van der Waals surface area contributed by atoms with Crippen LogP contribution in [0.4, 0.5) is 8.78 Å². The van der Waals surface area contributed by atoms with Crippen molar-refractivity contribution < 1.29 is 13.5 Å². The molecule has 0 aromatic rings. The molecule has 1 heterocycles. The van der Waals surface area contributed by atoms with E-state index in [0.29, 0.717) is 13.0 Å². The summed E-state index contributed by atoms with van der Waals surface area (Å²) >= 11 is 0. The first-order valence-electron chi connectivity index (χ1n) is 5.64. The number of rotatable bonds is 3. The van der Waals surface area contributed by atoms with Gasteiger partial charge in [0.05, 0.1) is 11.5 Å². The number of nitrogens with zero attached hydrogens (tertiary/aromatic N) is 1. The van der Waals surface area contributed by atoms with E-state index >= 15 is 0 Å². The monoisotopic (exact) mass is 219 g/mol. The van der Waals surface area contributed by atoms with Crippen molar-refractivity contribution in [3.05, 3.63) is 0 Å². The van der Waals surface area contributed by atoms with Crippen LogP contribution in [0.2, 0.25) is 0 Å². The Kier molecular flexibility index (Phi) is 2.54. The molecule has 0 N–H and O–H groups in total. The van der Waals surface area contributed by atoms with Crippen molar-refractivity contribution in [3.8, 4) is 0 Å². The standard InChI is InChI=1S/C11H19F2NO/c1-4-15-8(2)9-10(5-6-14(9)3)7-11(10,12)13/h8-9H,4-7H2,1-3H3/t8-,9+,10+/m0/s1. The fourth-order valence-electron chi connectivity index (χ4n) is 3.19. The van der Waals surface area contributed by atoms with E-state index in [-0.39, 0.29) is 18.6 Å². The molecule has 0 amide bonds. The van der Waals surface area contributed by atoms with Gasteiger partial charge in [-0.25, -0.2) is 8.78 Å². The Morgan fingerprint density at radius 2 is 2.13 bits per heavy atom. The van der Waals surface area contributed by atoms with Crippen molar-refractivity contribution in [2.45, 2.75) is 44.8 Å². The van der Waals surface area contributed by atoms with Crippen LogP contribution in [-0.4, -0.2) is 43.2 Å². The predicted molar refractivity (Wildman–Crippen MR) is 54.1 cm³/mol. The van der Waals surface area contributed by atoms with Crippen molar-refractivity contribution in [1.29, 1.82) is 0 Å². The van der Waals surface area contributed by atoms with Crippen LogP contribution in [0.3, 0.4) is 0 Å². The number of hydrogen-bond acceptors (Lipinski definition) is 2. The fourth-order valence-corrected chi connectivity index (χ4v) is 3.19. The van der Waals surface area contributed by atoms with Crippen molar-refractivity contribution in [2.24, 2.45) is 5.41 Å². The van der Waals surface area contributed by atoms with Gasteiger partial charge in [0.1, 0.15) is 0 Å². The van der Waals surface area contributed by atoms with Gasteiger partial charge in [-0.15, -0.1) is 0 Å². The van der Waals surface area contributed by atoms with Crippen LogP contribution in [-0.2, 0) is 4.74 Å². The third kappa shape index (κ3) is 1.49. The molecular formula is C11H19F2NO. The average Bonchev–Trinajstić information content (AvgIpc) is 2.50. The molecule has 1 saturated carbocycles. The highest BCUT2D eigenvalue weighted by Crippen LogP contribution is 2.68. The fraction of sp³-hybridized carbons (Fsp3) is 1.00. The summed E-state index contributed by atoms with van der Waals surface area (Å²) in [5.74, 6) is -2.46. The molecule has 0 bridgehead atoms. The zero-order chi connectivity index (χ0) is 11.3. The highest BCUT2D eigenvalue weighted by atomic mass is 19.3. The lowest BCUT2D eigenvalue weighted by molar-refractivity contribution is -0.0250. The largest absolute Gasteiger partial charge is 0.377 e. The maximum absolute atomic E-state index is 13.4. The highest BCUT2D eigenvalue weighted by Gasteiger charge is 2.77. The van der Waals surface area contributed by atoms with Crippen molar-refractivity contribution in [2.75, 3.05) is 20.2 Å². The van der Waals surface area contributed by atoms with Gasteiger partial charge in [-0.05, 0) is 33.9 Å². The van der Waals surface area contributed by atoms with Crippen LogP contribution < -0.4 is 0 Å². The molecule has 2 fully saturated rings. The number of ether oxygens (including phenoxy) is 1. The van der Waals surface area contributed by atoms with Gasteiger partial charge in [-0.2, -0.15) is 0 Å². The van der Waals surface area contributed by atoms with Crippen LogP contribution in [0.5, 0.6) is 0 Å². The Morgan fingerprint density at radius 3 is 2.60 bits per heavy atom. The third-order valence-electron chi connectivity index (χ3n) is 3.97. The van der Waals surface area contributed by atoms with Gasteiger partial charge < -0.3 is 9.64 Å². The zero-order valence-corrected chi connectivity index (χ0v) is 9.59. The first kappa shape index (κ1) is 11.3. The van der Waals surface area contributed by atoms with Gasteiger partial charge in [-0.3, -0.25) is 0 Å². The lowest BCUT2D eigenvalue weighted by atomic mass is 9.92. The van der Waals surface area contributed by atoms with Crippen molar-refractivity contribution in [3.63, 3.8) is 0 Å². The minimum absolute atomic E-state index is 0.0480. The third-order valence-corrected chi connectivity index (χ3v) is 3.97. The number of likely N-dealkylation sites (tertiary alicyclic amines) is 1. The summed E-state index contributed by atoms with van der Waals surface area (Å²) in [7, 11) is 1.92. The van der Waals surface area contributed by atoms with Gasteiger partial charge in [0, 0.05) is 19.1 Å². The van der Waals surface area contributed by atoms with Gasteiger partial charge in [0.2, 0.25) is 0 Å². The second-order valence-corrected chi connectivity index (χ2v) is 4.87. The van der Waals surface area contributed by atoms with E-state index in [1.165, 1.54) is 0 Å². The maximum atomic E-state index is 13.4. The van der Waals surface area contributed by atoms with E-state index in [9.17, 15) is 8.78 Å². The minimum Gasteiger partial charge on any atom is -0.377 e. The Bertz CT molecular complexity index is 259. The number of halogens is 2. The molecule has 1 aliphatic heterocycles. The number of alkyl halides is 2. The summed E-state index contributed by atoms with van der Waals surface area (Å²) in [6, 6.07) is -0.118. The van der Waals surface area contributed by atoms with Crippen LogP contribution in [0.1, 0.15) is 26.7 Å². The second-order valence-electron chi connectivity index (χ2n) is 4.87. The Morgan fingerprint density at radius 1 is 1.53 bits per heavy atom. The van der Waals surface area contributed by atoms with Crippen molar-refractivity contribution >= 4 is 0 Å². The van der Waals surface area contributed by atoms with E-state index in [2.05, 4.69) is 0 Å². The van der Waals surface area contributed by atoms with E-state index < -0.39 is 11.3 Å². The van der Waals surface area contributed by atoms with E-state index in [1.54, 1.807) is 0 Å². The van der Waals surface area contributed by atoms with Gasteiger partial charge in [-0.1, -0.05) is 0 Å². The summed E-state index contributed by atoms with van der Waals surface area (Å²) in [4.78, 5) is 2.03. The summed E-state index contributed by atoms with van der Waals surface area (Å²) in [5.41, 5.74) is -0.781. The molecule has 1 spiro atoms. The predicted octanol–water partition coefficient (Wildman–Crippen LogP) is 2.14. The zero-order valence-electron chi connectivity index (χ0n) is 9.59. The SMILES string of the molecule is CCO[C@@H](C)[C@H]1N(C)CC[C@@]12CC2(F)F. The highest BCUT2D eigenvalue weighted by molar-refractivity contribution is 5.20. The molecule has 0 aromatic carbocycles. The number of hydrogen-bond donors (Lipinski definition) is 0. The lowest BCUT2D eigenvalue weighted by Crippen LogP contribution is -2.43. The quantitative estimate of drug-likeness (QED) is 0.721. The summed E-state index contributed by atoms with van der Waals surface area (Å²) < 4.78 is 32.4.